The van der Waals surface area contributed by atoms with Crippen molar-refractivity contribution in [1.82, 2.24) is 5.32 Å². The van der Waals surface area contributed by atoms with Crippen LogP contribution in [-0.2, 0) is 6.42 Å². The fourth-order valence-corrected chi connectivity index (χ4v) is 2.85. The largest absolute Gasteiger partial charge is 0.307 e. The Labute approximate surface area is 130 Å². The van der Waals surface area contributed by atoms with Crippen molar-refractivity contribution in [2.75, 3.05) is 0 Å². The van der Waals surface area contributed by atoms with Gasteiger partial charge in [0.05, 0.1) is 0 Å². The van der Waals surface area contributed by atoms with Crippen molar-refractivity contribution in [3.63, 3.8) is 0 Å². The van der Waals surface area contributed by atoms with E-state index in [0.717, 1.165) is 17.0 Å². The van der Waals surface area contributed by atoms with Gasteiger partial charge in [-0.25, -0.2) is 0 Å². The van der Waals surface area contributed by atoms with Crippen LogP contribution in [0, 0.1) is 0 Å². The fourth-order valence-electron chi connectivity index (χ4n) is 2.39. The van der Waals surface area contributed by atoms with Gasteiger partial charge in [0.15, 0.2) is 0 Å². The Balaban J connectivity index is 2.00. The molecule has 2 unspecified atom stereocenters. The zero-order valence-electron chi connectivity index (χ0n) is 11.7. The van der Waals surface area contributed by atoms with E-state index >= 15 is 0 Å². The molecule has 2 aromatic rings. The van der Waals surface area contributed by atoms with Crippen molar-refractivity contribution in [3.05, 3.63) is 69.7 Å². The van der Waals surface area contributed by atoms with Gasteiger partial charge in [0.25, 0.3) is 0 Å². The standard InChI is InChI=1S/C17H19Cl2N/c1-12(10-14-6-4-3-5-7-14)20-13(2)16-11-15(18)8-9-17(16)19/h3-9,11-13,20H,10H2,1-2H3. The summed E-state index contributed by atoms with van der Waals surface area (Å²) in [6, 6.07) is 16.6. The highest BCUT2D eigenvalue weighted by Crippen LogP contribution is 2.26. The van der Waals surface area contributed by atoms with Gasteiger partial charge in [0, 0.05) is 22.1 Å². The molecule has 20 heavy (non-hydrogen) atoms. The second-order valence-corrected chi connectivity index (χ2v) is 5.99. The monoisotopic (exact) mass is 307 g/mol. The molecule has 0 aliphatic rings. The van der Waals surface area contributed by atoms with E-state index in [4.69, 9.17) is 23.2 Å². The first-order chi connectivity index (χ1) is 9.56. The number of nitrogens with one attached hydrogen (secondary N) is 1. The molecule has 2 atom stereocenters. The lowest BCUT2D eigenvalue weighted by atomic mass is 10.0. The van der Waals surface area contributed by atoms with Crippen LogP contribution in [-0.4, -0.2) is 6.04 Å². The van der Waals surface area contributed by atoms with Crippen LogP contribution in [0.3, 0.4) is 0 Å². The molecule has 0 bridgehead atoms. The Kier molecular flexibility index (Phi) is 5.47. The molecule has 1 nitrogen and oxygen atoms in total. The first-order valence-corrected chi connectivity index (χ1v) is 7.57. The van der Waals surface area contributed by atoms with Crippen LogP contribution >= 0.6 is 23.2 Å². The smallest absolute Gasteiger partial charge is 0.0454 e. The van der Waals surface area contributed by atoms with E-state index in [1.54, 1.807) is 0 Å². The van der Waals surface area contributed by atoms with E-state index in [1.165, 1.54) is 5.56 Å². The van der Waals surface area contributed by atoms with Gasteiger partial charge < -0.3 is 5.32 Å². The minimum atomic E-state index is 0.167. The van der Waals surface area contributed by atoms with Crippen LogP contribution in [0.4, 0.5) is 0 Å². The molecule has 0 saturated heterocycles. The van der Waals surface area contributed by atoms with Crippen molar-refractivity contribution in [1.29, 1.82) is 0 Å². The fraction of sp³-hybridized carbons (Fsp3) is 0.294. The van der Waals surface area contributed by atoms with Crippen molar-refractivity contribution in [3.8, 4) is 0 Å². The van der Waals surface area contributed by atoms with Gasteiger partial charge in [0.1, 0.15) is 0 Å². The quantitative estimate of drug-likeness (QED) is 0.793. The minimum Gasteiger partial charge on any atom is -0.307 e. The second-order valence-electron chi connectivity index (χ2n) is 5.14. The molecule has 0 radical (unpaired) electrons. The van der Waals surface area contributed by atoms with Crippen LogP contribution in [0.5, 0.6) is 0 Å². The predicted octanol–water partition coefficient (Wildman–Crippen LogP) is 5.28. The summed E-state index contributed by atoms with van der Waals surface area (Å²) in [4.78, 5) is 0. The van der Waals surface area contributed by atoms with Crippen LogP contribution in [0.15, 0.2) is 48.5 Å². The topological polar surface area (TPSA) is 12.0 Å². The van der Waals surface area contributed by atoms with E-state index in [-0.39, 0.29) is 6.04 Å². The predicted molar refractivity (Wildman–Crippen MR) is 87.6 cm³/mol. The summed E-state index contributed by atoms with van der Waals surface area (Å²) in [6.45, 7) is 4.29. The number of hydrogen-bond acceptors (Lipinski definition) is 1. The van der Waals surface area contributed by atoms with Gasteiger partial charge in [-0.15, -0.1) is 0 Å². The maximum Gasteiger partial charge on any atom is 0.0454 e. The molecule has 0 fully saturated rings. The van der Waals surface area contributed by atoms with Gasteiger partial charge in [-0.2, -0.15) is 0 Å². The van der Waals surface area contributed by atoms with Gasteiger partial charge in [-0.05, 0) is 49.6 Å². The number of hydrogen-bond donors (Lipinski definition) is 1. The molecule has 106 valence electrons. The summed E-state index contributed by atoms with van der Waals surface area (Å²) in [5.41, 5.74) is 2.37. The van der Waals surface area contributed by atoms with E-state index in [9.17, 15) is 0 Å². The second kappa shape index (κ2) is 7.12. The van der Waals surface area contributed by atoms with Gasteiger partial charge in [-0.1, -0.05) is 53.5 Å². The van der Waals surface area contributed by atoms with E-state index in [2.05, 4.69) is 43.4 Å². The highest BCUT2D eigenvalue weighted by molar-refractivity contribution is 6.33. The molecule has 0 aliphatic heterocycles. The van der Waals surface area contributed by atoms with Crippen LogP contribution in [0.25, 0.3) is 0 Å². The molecule has 2 aromatic carbocycles. The zero-order valence-corrected chi connectivity index (χ0v) is 13.2. The average molecular weight is 308 g/mol. The van der Waals surface area contributed by atoms with Gasteiger partial charge in [-0.3, -0.25) is 0 Å². The highest BCUT2D eigenvalue weighted by Gasteiger charge is 2.13. The van der Waals surface area contributed by atoms with Crippen LogP contribution in [0.1, 0.15) is 31.0 Å². The third-order valence-corrected chi connectivity index (χ3v) is 3.92. The Morgan fingerprint density at radius 3 is 2.40 bits per heavy atom. The molecule has 0 saturated carbocycles. The molecule has 0 aliphatic carbocycles. The minimum absolute atomic E-state index is 0.167. The molecule has 0 spiro atoms. The SMILES string of the molecule is CC(Cc1ccccc1)NC(C)c1cc(Cl)ccc1Cl. The lowest BCUT2D eigenvalue weighted by Crippen LogP contribution is -2.30. The Morgan fingerprint density at radius 1 is 1.00 bits per heavy atom. The first-order valence-electron chi connectivity index (χ1n) is 6.81. The average Bonchev–Trinajstić information content (AvgIpc) is 2.42. The molecule has 3 heteroatoms. The van der Waals surface area contributed by atoms with E-state index < -0.39 is 0 Å². The molecular formula is C17H19Cl2N. The lowest BCUT2D eigenvalue weighted by Gasteiger charge is -2.21. The molecule has 1 N–H and O–H groups in total. The summed E-state index contributed by atoms with van der Waals surface area (Å²) in [5, 5.41) is 5.04. The van der Waals surface area contributed by atoms with Crippen LogP contribution in [0.2, 0.25) is 10.0 Å². The lowest BCUT2D eigenvalue weighted by molar-refractivity contribution is 0.477. The Hall–Kier alpha value is -1.02. The zero-order chi connectivity index (χ0) is 14.5. The van der Waals surface area contributed by atoms with Crippen molar-refractivity contribution in [2.45, 2.75) is 32.4 Å². The van der Waals surface area contributed by atoms with Crippen molar-refractivity contribution < 1.29 is 0 Å². The van der Waals surface area contributed by atoms with Gasteiger partial charge >= 0.3 is 0 Å². The molecule has 2 rings (SSSR count). The first kappa shape index (κ1) is 15.4. The Morgan fingerprint density at radius 2 is 1.70 bits per heavy atom. The third-order valence-electron chi connectivity index (χ3n) is 3.34. The summed E-state index contributed by atoms with van der Waals surface area (Å²) >= 11 is 12.3. The van der Waals surface area contributed by atoms with Crippen molar-refractivity contribution >= 4 is 23.2 Å². The van der Waals surface area contributed by atoms with E-state index in [1.807, 2.05) is 24.3 Å². The van der Waals surface area contributed by atoms with Crippen molar-refractivity contribution in [2.24, 2.45) is 0 Å². The third kappa shape index (κ3) is 4.24. The molecular weight excluding hydrogens is 289 g/mol. The molecule has 0 aromatic heterocycles. The maximum absolute atomic E-state index is 6.24. The number of benzene rings is 2. The highest BCUT2D eigenvalue weighted by atomic mass is 35.5. The summed E-state index contributed by atoms with van der Waals surface area (Å²) in [5.74, 6) is 0. The summed E-state index contributed by atoms with van der Waals surface area (Å²) in [6.07, 6.45) is 0.989. The maximum atomic E-state index is 6.24. The number of halogens is 2. The summed E-state index contributed by atoms with van der Waals surface area (Å²) < 4.78 is 0. The van der Waals surface area contributed by atoms with Crippen LogP contribution < -0.4 is 5.32 Å². The Bertz CT molecular complexity index is 554. The molecule has 0 heterocycles. The normalized spacial score (nSPS) is 14.0. The summed E-state index contributed by atoms with van der Waals surface area (Å²) in [7, 11) is 0. The van der Waals surface area contributed by atoms with E-state index in [0.29, 0.717) is 11.1 Å². The number of rotatable bonds is 5. The molecule has 0 amide bonds. The van der Waals surface area contributed by atoms with Gasteiger partial charge in [0.2, 0.25) is 0 Å².